The van der Waals surface area contributed by atoms with Gasteiger partial charge in [0, 0.05) is 28.7 Å². The molecule has 0 amide bonds. The van der Waals surface area contributed by atoms with E-state index >= 15 is 0 Å². The SMILES string of the molecule is Clc1ccc(-c2ccc(SCc3ccncc3)nn2)cc1. The lowest BCUT2D eigenvalue weighted by atomic mass is 10.1. The zero-order chi connectivity index (χ0) is 14.5. The van der Waals surface area contributed by atoms with Gasteiger partial charge in [-0.3, -0.25) is 4.98 Å². The predicted molar refractivity (Wildman–Crippen MR) is 86.3 cm³/mol. The third-order valence-electron chi connectivity index (χ3n) is 2.92. The van der Waals surface area contributed by atoms with Crippen molar-refractivity contribution in [2.45, 2.75) is 10.8 Å². The van der Waals surface area contributed by atoms with Gasteiger partial charge in [0.05, 0.1) is 5.69 Å². The van der Waals surface area contributed by atoms with Gasteiger partial charge in [-0.25, -0.2) is 0 Å². The molecule has 3 aromatic rings. The molecule has 0 N–H and O–H groups in total. The summed E-state index contributed by atoms with van der Waals surface area (Å²) in [5.41, 5.74) is 3.08. The molecule has 0 aliphatic heterocycles. The Balaban J connectivity index is 1.68. The molecule has 0 fully saturated rings. The minimum atomic E-state index is 0.719. The summed E-state index contributed by atoms with van der Waals surface area (Å²) in [5, 5.41) is 10.1. The maximum Gasteiger partial charge on any atom is 0.119 e. The van der Waals surface area contributed by atoms with Crippen LogP contribution < -0.4 is 0 Å². The van der Waals surface area contributed by atoms with Gasteiger partial charge in [0.15, 0.2) is 0 Å². The first kappa shape index (κ1) is 14.0. The normalized spacial score (nSPS) is 10.5. The van der Waals surface area contributed by atoms with Crippen molar-refractivity contribution in [2.24, 2.45) is 0 Å². The fourth-order valence-electron chi connectivity index (χ4n) is 1.81. The smallest absolute Gasteiger partial charge is 0.119 e. The topological polar surface area (TPSA) is 38.7 Å². The van der Waals surface area contributed by atoms with Crippen LogP contribution in [-0.2, 0) is 5.75 Å². The van der Waals surface area contributed by atoms with Gasteiger partial charge in [0.1, 0.15) is 5.03 Å². The summed E-state index contributed by atoms with van der Waals surface area (Å²) in [5.74, 6) is 0.859. The van der Waals surface area contributed by atoms with Crippen molar-refractivity contribution in [3.63, 3.8) is 0 Å². The number of rotatable bonds is 4. The van der Waals surface area contributed by atoms with E-state index in [0.717, 1.165) is 27.1 Å². The molecule has 0 unspecified atom stereocenters. The first-order valence-corrected chi connectivity index (χ1v) is 7.79. The van der Waals surface area contributed by atoms with Gasteiger partial charge in [-0.15, -0.1) is 10.2 Å². The van der Waals surface area contributed by atoms with Crippen molar-refractivity contribution in [3.8, 4) is 11.3 Å². The van der Waals surface area contributed by atoms with E-state index in [1.807, 2.05) is 48.5 Å². The third-order valence-corrected chi connectivity index (χ3v) is 4.16. The Morgan fingerprint density at radius 3 is 2.29 bits per heavy atom. The number of benzene rings is 1. The molecule has 0 saturated carbocycles. The van der Waals surface area contributed by atoms with Gasteiger partial charge in [0.25, 0.3) is 0 Å². The monoisotopic (exact) mass is 313 g/mol. The number of nitrogens with zero attached hydrogens (tertiary/aromatic N) is 3. The Kier molecular flexibility index (Phi) is 4.48. The number of pyridine rings is 1. The van der Waals surface area contributed by atoms with Crippen molar-refractivity contribution in [1.82, 2.24) is 15.2 Å². The zero-order valence-corrected chi connectivity index (χ0v) is 12.7. The molecule has 21 heavy (non-hydrogen) atoms. The Labute approximate surface area is 132 Å². The predicted octanol–water partition coefficient (Wildman–Crippen LogP) is 4.48. The number of aromatic nitrogens is 3. The number of hydrogen-bond acceptors (Lipinski definition) is 4. The number of halogens is 1. The molecule has 0 aliphatic carbocycles. The van der Waals surface area contributed by atoms with Gasteiger partial charge in [0.2, 0.25) is 0 Å². The Morgan fingerprint density at radius 2 is 1.62 bits per heavy atom. The molecular weight excluding hydrogens is 302 g/mol. The molecule has 104 valence electrons. The van der Waals surface area contributed by atoms with Crippen molar-refractivity contribution >= 4 is 23.4 Å². The van der Waals surface area contributed by atoms with Crippen LogP contribution in [0.3, 0.4) is 0 Å². The van der Waals surface area contributed by atoms with E-state index in [4.69, 9.17) is 11.6 Å². The van der Waals surface area contributed by atoms with E-state index in [0.29, 0.717) is 0 Å². The maximum atomic E-state index is 5.88. The molecule has 1 aromatic carbocycles. The van der Waals surface area contributed by atoms with E-state index in [2.05, 4.69) is 15.2 Å². The van der Waals surface area contributed by atoms with E-state index in [-0.39, 0.29) is 0 Å². The Morgan fingerprint density at radius 1 is 0.857 bits per heavy atom. The lowest BCUT2D eigenvalue weighted by Crippen LogP contribution is -1.90. The molecule has 0 aliphatic rings. The van der Waals surface area contributed by atoms with E-state index < -0.39 is 0 Å². The van der Waals surface area contributed by atoms with Gasteiger partial charge in [-0.2, -0.15) is 0 Å². The molecule has 0 spiro atoms. The molecule has 0 bridgehead atoms. The summed E-state index contributed by atoms with van der Waals surface area (Å²) in [4.78, 5) is 4.01. The first-order valence-electron chi connectivity index (χ1n) is 6.43. The molecule has 0 saturated heterocycles. The summed E-state index contributed by atoms with van der Waals surface area (Å²) >= 11 is 7.54. The van der Waals surface area contributed by atoms with Crippen LogP contribution in [0.15, 0.2) is 66.0 Å². The summed E-state index contributed by atoms with van der Waals surface area (Å²) in [7, 11) is 0. The minimum Gasteiger partial charge on any atom is -0.265 e. The second-order valence-electron chi connectivity index (χ2n) is 4.41. The molecule has 3 nitrogen and oxygen atoms in total. The summed E-state index contributed by atoms with van der Waals surface area (Å²) in [6.45, 7) is 0. The molecule has 3 rings (SSSR count). The lowest BCUT2D eigenvalue weighted by Gasteiger charge is -2.03. The summed E-state index contributed by atoms with van der Waals surface area (Å²) < 4.78 is 0. The van der Waals surface area contributed by atoms with Crippen LogP contribution in [0, 0.1) is 0 Å². The van der Waals surface area contributed by atoms with Crippen LogP contribution in [0.5, 0.6) is 0 Å². The van der Waals surface area contributed by atoms with Crippen LogP contribution in [0.2, 0.25) is 5.02 Å². The largest absolute Gasteiger partial charge is 0.265 e. The molecule has 2 aromatic heterocycles. The van der Waals surface area contributed by atoms with Crippen molar-refractivity contribution in [2.75, 3.05) is 0 Å². The fraction of sp³-hybridized carbons (Fsp3) is 0.0625. The first-order chi connectivity index (χ1) is 10.3. The maximum absolute atomic E-state index is 5.88. The molecule has 2 heterocycles. The highest BCUT2D eigenvalue weighted by atomic mass is 35.5. The van der Waals surface area contributed by atoms with Gasteiger partial charge < -0.3 is 0 Å². The van der Waals surface area contributed by atoms with Crippen LogP contribution in [-0.4, -0.2) is 15.2 Å². The summed E-state index contributed by atoms with van der Waals surface area (Å²) in [6, 6.07) is 15.6. The second-order valence-corrected chi connectivity index (χ2v) is 5.84. The van der Waals surface area contributed by atoms with Crippen LogP contribution in [0.4, 0.5) is 0 Å². The van der Waals surface area contributed by atoms with E-state index in [9.17, 15) is 0 Å². The van der Waals surface area contributed by atoms with Crippen molar-refractivity contribution < 1.29 is 0 Å². The quantitative estimate of drug-likeness (QED) is 0.665. The highest BCUT2D eigenvalue weighted by Gasteiger charge is 2.02. The number of hydrogen-bond donors (Lipinski definition) is 0. The van der Waals surface area contributed by atoms with E-state index in [1.165, 1.54) is 5.56 Å². The fourth-order valence-corrected chi connectivity index (χ4v) is 2.70. The second kappa shape index (κ2) is 6.70. The zero-order valence-electron chi connectivity index (χ0n) is 11.1. The van der Waals surface area contributed by atoms with E-state index in [1.54, 1.807) is 24.2 Å². The standard InChI is InChI=1S/C16H12ClN3S/c17-14-3-1-13(2-4-14)15-5-6-16(20-19-15)21-11-12-7-9-18-10-8-12/h1-10H,11H2. The van der Waals surface area contributed by atoms with Gasteiger partial charge in [-0.05, 0) is 42.0 Å². The number of thioether (sulfide) groups is 1. The molecule has 5 heteroatoms. The van der Waals surface area contributed by atoms with Gasteiger partial charge in [-0.1, -0.05) is 35.5 Å². The third kappa shape index (κ3) is 3.80. The average Bonchev–Trinajstić information content (AvgIpc) is 2.55. The van der Waals surface area contributed by atoms with Crippen LogP contribution in [0.1, 0.15) is 5.56 Å². The Hall–Kier alpha value is -1.91. The van der Waals surface area contributed by atoms with Gasteiger partial charge >= 0.3 is 0 Å². The molecule has 0 radical (unpaired) electrons. The Bertz CT molecular complexity index is 700. The molecular formula is C16H12ClN3S. The molecule has 0 atom stereocenters. The van der Waals surface area contributed by atoms with Crippen LogP contribution in [0.25, 0.3) is 11.3 Å². The van der Waals surface area contributed by atoms with Crippen molar-refractivity contribution in [1.29, 1.82) is 0 Å². The summed E-state index contributed by atoms with van der Waals surface area (Å²) in [6.07, 6.45) is 3.59. The highest BCUT2D eigenvalue weighted by molar-refractivity contribution is 7.98. The van der Waals surface area contributed by atoms with Crippen LogP contribution >= 0.6 is 23.4 Å². The lowest BCUT2D eigenvalue weighted by molar-refractivity contribution is 0.935. The minimum absolute atomic E-state index is 0.719. The highest BCUT2D eigenvalue weighted by Crippen LogP contribution is 2.23. The average molecular weight is 314 g/mol. The van der Waals surface area contributed by atoms with Crippen molar-refractivity contribution in [3.05, 3.63) is 71.5 Å².